The van der Waals surface area contributed by atoms with Crippen LogP contribution in [-0.4, -0.2) is 31.1 Å². The van der Waals surface area contributed by atoms with Gasteiger partial charge in [0, 0.05) is 12.2 Å². The quantitative estimate of drug-likeness (QED) is 0.615. The van der Waals surface area contributed by atoms with Crippen LogP contribution in [0, 0.1) is 11.3 Å². The van der Waals surface area contributed by atoms with E-state index in [1.807, 2.05) is 19.1 Å². The van der Waals surface area contributed by atoms with Crippen LogP contribution in [0.2, 0.25) is 0 Å². The van der Waals surface area contributed by atoms with Gasteiger partial charge in [-0.2, -0.15) is 5.26 Å². The summed E-state index contributed by atoms with van der Waals surface area (Å²) in [4.78, 5) is 26.6. The molecule has 2 aromatic rings. The third-order valence-corrected chi connectivity index (χ3v) is 3.98. The summed E-state index contributed by atoms with van der Waals surface area (Å²) in [5.41, 5.74) is 0.995. The third kappa shape index (κ3) is 5.85. The molecule has 6 heteroatoms. The number of para-hydroxylation sites is 1. The standard InChI is InChI=1S/C22H24N2O4/c1-3-16-27-20-12-10-18(11-13-20)22(26)28-17(2)21(25)24(15-7-14-23)19-8-5-4-6-9-19/h4-6,8-13,17H,3,7,15-16H2,1-2H3. The van der Waals surface area contributed by atoms with Gasteiger partial charge in [-0.05, 0) is 49.7 Å². The van der Waals surface area contributed by atoms with Crippen molar-refractivity contribution in [3.8, 4) is 11.8 Å². The van der Waals surface area contributed by atoms with Gasteiger partial charge in [0.25, 0.3) is 5.91 Å². The monoisotopic (exact) mass is 380 g/mol. The fourth-order valence-electron chi connectivity index (χ4n) is 2.54. The molecule has 0 heterocycles. The average molecular weight is 380 g/mol. The van der Waals surface area contributed by atoms with Crippen molar-refractivity contribution in [3.05, 3.63) is 60.2 Å². The molecule has 6 nitrogen and oxygen atoms in total. The maximum absolute atomic E-state index is 12.8. The Morgan fingerprint density at radius 2 is 1.79 bits per heavy atom. The number of nitriles is 1. The maximum atomic E-state index is 12.8. The Morgan fingerprint density at radius 1 is 1.11 bits per heavy atom. The van der Waals surface area contributed by atoms with Crippen molar-refractivity contribution in [2.24, 2.45) is 0 Å². The second-order valence-corrected chi connectivity index (χ2v) is 6.15. The first-order chi connectivity index (χ1) is 13.6. The summed E-state index contributed by atoms with van der Waals surface area (Å²) in [6.45, 7) is 4.37. The van der Waals surface area contributed by atoms with Crippen LogP contribution >= 0.6 is 0 Å². The Kier molecular flexibility index (Phi) is 8.04. The minimum atomic E-state index is -0.984. The van der Waals surface area contributed by atoms with Gasteiger partial charge in [-0.25, -0.2) is 4.79 Å². The number of carbonyl (C=O) groups excluding carboxylic acids is 2. The van der Waals surface area contributed by atoms with Gasteiger partial charge in [-0.15, -0.1) is 0 Å². The normalized spacial score (nSPS) is 11.2. The Balaban J connectivity index is 2.04. The average Bonchev–Trinajstić information content (AvgIpc) is 2.73. The molecule has 0 saturated carbocycles. The first kappa shape index (κ1) is 21.0. The molecular formula is C22H24N2O4. The zero-order chi connectivity index (χ0) is 20.4. The van der Waals surface area contributed by atoms with Crippen LogP contribution in [0.1, 0.15) is 37.0 Å². The lowest BCUT2D eigenvalue weighted by molar-refractivity contribution is -0.126. The van der Waals surface area contributed by atoms with E-state index in [4.69, 9.17) is 14.7 Å². The molecule has 0 saturated heterocycles. The van der Waals surface area contributed by atoms with Crippen LogP contribution in [0.15, 0.2) is 54.6 Å². The number of anilines is 1. The summed E-state index contributed by atoms with van der Waals surface area (Å²) in [5, 5.41) is 8.87. The molecule has 0 bridgehead atoms. The van der Waals surface area contributed by atoms with Crippen molar-refractivity contribution in [2.75, 3.05) is 18.1 Å². The van der Waals surface area contributed by atoms with Crippen molar-refractivity contribution >= 4 is 17.6 Å². The number of hydrogen-bond acceptors (Lipinski definition) is 5. The summed E-state index contributed by atoms with van der Waals surface area (Å²) in [5.74, 6) is -0.289. The molecule has 0 fully saturated rings. The van der Waals surface area contributed by atoms with Gasteiger partial charge < -0.3 is 14.4 Å². The number of nitrogens with zero attached hydrogens (tertiary/aromatic N) is 2. The molecule has 0 radical (unpaired) electrons. The van der Waals surface area contributed by atoms with E-state index in [1.165, 1.54) is 11.8 Å². The summed E-state index contributed by atoms with van der Waals surface area (Å²) >= 11 is 0. The molecule has 2 rings (SSSR count). The number of ether oxygens (including phenoxy) is 2. The van der Waals surface area contributed by atoms with Crippen LogP contribution < -0.4 is 9.64 Å². The van der Waals surface area contributed by atoms with E-state index in [-0.39, 0.29) is 18.9 Å². The van der Waals surface area contributed by atoms with Gasteiger partial charge in [-0.1, -0.05) is 25.1 Å². The predicted molar refractivity (Wildman–Crippen MR) is 106 cm³/mol. The molecule has 0 aromatic heterocycles. The Labute approximate surface area is 165 Å². The zero-order valence-electron chi connectivity index (χ0n) is 16.1. The first-order valence-electron chi connectivity index (χ1n) is 9.24. The summed E-state index contributed by atoms with van der Waals surface area (Å²) in [6.07, 6.45) is 0.0932. The molecule has 1 amide bonds. The number of hydrogen-bond donors (Lipinski definition) is 0. The smallest absolute Gasteiger partial charge is 0.338 e. The van der Waals surface area contributed by atoms with Gasteiger partial charge in [0.2, 0.25) is 0 Å². The topological polar surface area (TPSA) is 79.6 Å². The van der Waals surface area contributed by atoms with Crippen molar-refractivity contribution < 1.29 is 19.1 Å². The molecule has 1 atom stereocenters. The van der Waals surface area contributed by atoms with Crippen LogP contribution in [0.5, 0.6) is 5.75 Å². The number of esters is 1. The summed E-state index contributed by atoms with van der Waals surface area (Å²) < 4.78 is 10.8. The fraction of sp³-hybridized carbons (Fsp3) is 0.318. The van der Waals surface area contributed by atoms with Gasteiger partial charge in [-0.3, -0.25) is 4.79 Å². The van der Waals surface area contributed by atoms with Gasteiger partial charge in [0.05, 0.1) is 24.7 Å². The van der Waals surface area contributed by atoms with Crippen molar-refractivity contribution in [3.63, 3.8) is 0 Å². The second-order valence-electron chi connectivity index (χ2n) is 6.15. The predicted octanol–water partition coefficient (Wildman–Crippen LogP) is 3.97. The van der Waals surface area contributed by atoms with E-state index in [1.54, 1.807) is 48.5 Å². The highest BCUT2D eigenvalue weighted by molar-refractivity contribution is 5.99. The molecule has 0 N–H and O–H groups in total. The summed E-state index contributed by atoms with van der Waals surface area (Å²) in [7, 11) is 0. The Morgan fingerprint density at radius 3 is 2.39 bits per heavy atom. The lowest BCUT2D eigenvalue weighted by Crippen LogP contribution is -2.40. The summed E-state index contributed by atoms with van der Waals surface area (Å²) in [6, 6.07) is 17.6. The molecule has 0 aliphatic heterocycles. The highest BCUT2D eigenvalue weighted by Gasteiger charge is 2.25. The highest BCUT2D eigenvalue weighted by Crippen LogP contribution is 2.18. The van der Waals surface area contributed by atoms with E-state index >= 15 is 0 Å². The number of amides is 1. The first-order valence-corrected chi connectivity index (χ1v) is 9.24. The van der Waals surface area contributed by atoms with Crippen molar-refractivity contribution in [2.45, 2.75) is 32.8 Å². The van der Waals surface area contributed by atoms with Gasteiger partial charge in [0.15, 0.2) is 6.10 Å². The Hall–Kier alpha value is -3.33. The number of benzene rings is 2. The lowest BCUT2D eigenvalue weighted by atomic mass is 10.2. The number of carbonyl (C=O) groups is 2. The van der Waals surface area contributed by atoms with Gasteiger partial charge in [0.1, 0.15) is 5.75 Å². The van der Waals surface area contributed by atoms with E-state index in [0.29, 0.717) is 23.6 Å². The van der Waals surface area contributed by atoms with E-state index in [2.05, 4.69) is 0 Å². The maximum Gasteiger partial charge on any atom is 0.338 e. The molecule has 2 aromatic carbocycles. The zero-order valence-corrected chi connectivity index (χ0v) is 16.1. The Bertz CT molecular complexity index is 813. The van der Waals surface area contributed by atoms with Crippen molar-refractivity contribution in [1.82, 2.24) is 0 Å². The molecular weight excluding hydrogens is 356 g/mol. The van der Waals surface area contributed by atoms with Gasteiger partial charge >= 0.3 is 5.97 Å². The van der Waals surface area contributed by atoms with Crippen LogP contribution in [0.25, 0.3) is 0 Å². The third-order valence-electron chi connectivity index (χ3n) is 3.98. The number of rotatable bonds is 9. The van der Waals surface area contributed by atoms with E-state index < -0.39 is 12.1 Å². The SMILES string of the molecule is CCCOc1ccc(C(=O)OC(C)C(=O)N(CCC#N)c2ccccc2)cc1. The van der Waals surface area contributed by atoms with E-state index in [0.717, 1.165) is 6.42 Å². The molecule has 0 spiro atoms. The van der Waals surface area contributed by atoms with E-state index in [9.17, 15) is 9.59 Å². The minimum Gasteiger partial charge on any atom is -0.494 e. The van der Waals surface area contributed by atoms with Crippen LogP contribution in [0.4, 0.5) is 5.69 Å². The fourth-order valence-corrected chi connectivity index (χ4v) is 2.54. The second kappa shape index (κ2) is 10.7. The largest absolute Gasteiger partial charge is 0.494 e. The molecule has 28 heavy (non-hydrogen) atoms. The minimum absolute atomic E-state index is 0.181. The van der Waals surface area contributed by atoms with Crippen LogP contribution in [0.3, 0.4) is 0 Å². The molecule has 146 valence electrons. The molecule has 0 aliphatic carbocycles. The van der Waals surface area contributed by atoms with Crippen molar-refractivity contribution in [1.29, 1.82) is 5.26 Å². The molecule has 0 aliphatic rings. The molecule has 1 unspecified atom stereocenters. The highest BCUT2D eigenvalue weighted by atomic mass is 16.5. The lowest BCUT2D eigenvalue weighted by Gasteiger charge is -2.25. The van der Waals surface area contributed by atoms with Crippen LogP contribution in [-0.2, 0) is 9.53 Å².